The molecule has 2 heterocycles. The number of aromatic nitrogens is 2. The van der Waals surface area contributed by atoms with Gasteiger partial charge < -0.3 is 10.6 Å². The Balaban J connectivity index is 1.34. The van der Waals surface area contributed by atoms with E-state index in [1.54, 1.807) is 0 Å². The molecule has 6 heteroatoms. The SMILES string of the molecule is CN=C(NCc1cccc(Cn2cccn2)c1)NCC(c1ccccc1)N1CCCC1. The van der Waals surface area contributed by atoms with Gasteiger partial charge in [-0.1, -0.05) is 54.6 Å². The van der Waals surface area contributed by atoms with Crippen LogP contribution < -0.4 is 10.6 Å². The minimum absolute atomic E-state index is 0.361. The average Bonchev–Trinajstić information content (AvgIpc) is 3.52. The molecule has 1 aromatic heterocycles. The predicted octanol–water partition coefficient (Wildman–Crippen LogP) is 3.43. The summed E-state index contributed by atoms with van der Waals surface area (Å²) < 4.78 is 1.94. The molecule has 162 valence electrons. The summed E-state index contributed by atoms with van der Waals surface area (Å²) in [6, 6.07) is 21.7. The number of hydrogen-bond acceptors (Lipinski definition) is 3. The fraction of sp³-hybridized carbons (Fsp3) is 0.360. The molecule has 1 saturated heterocycles. The summed E-state index contributed by atoms with van der Waals surface area (Å²) in [6.07, 6.45) is 6.36. The Morgan fingerprint density at radius 1 is 1.00 bits per heavy atom. The maximum absolute atomic E-state index is 4.44. The Kier molecular flexibility index (Phi) is 7.34. The van der Waals surface area contributed by atoms with Crippen LogP contribution in [-0.4, -0.2) is 47.3 Å². The molecule has 1 fully saturated rings. The number of benzene rings is 2. The zero-order valence-electron chi connectivity index (χ0n) is 18.2. The van der Waals surface area contributed by atoms with E-state index in [1.807, 2.05) is 30.2 Å². The molecule has 0 aliphatic carbocycles. The average molecular weight is 417 g/mol. The number of guanidine groups is 1. The summed E-state index contributed by atoms with van der Waals surface area (Å²) in [7, 11) is 1.83. The molecule has 1 atom stereocenters. The van der Waals surface area contributed by atoms with Crippen molar-refractivity contribution in [3.63, 3.8) is 0 Å². The van der Waals surface area contributed by atoms with Gasteiger partial charge in [-0.15, -0.1) is 0 Å². The van der Waals surface area contributed by atoms with Crippen molar-refractivity contribution < 1.29 is 0 Å². The van der Waals surface area contributed by atoms with Crippen LogP contribution in [0.15, 0.2) is 78.0 Å². The van der Waals surface area contributed by atoms with E-state index in [4.69, 9.17) is 0 Å². The van der Waals surface area contributed by atoms with Gasteiger partial charge in [-0.05, 0) is 48.7 Å². The Morgan fingerprint density at radius 2 is 1.81 bits per heavy atom. The third-order valence-corrected chi connectivity index (χ3v) is 5.81. The van der Waals surface area contributed by atoms with Crippen LogP contribution in [0.3, 0.4) is 0 Å². The third-order valence-electron chi connectivity index (χ3n) is 5.81. The van der Waals surface area contributed by atoms with E-state index in [0.717, 1.165) is 38.7 Å². The third kappa shape index (κ3) is 5.95. The van der Waals surface area contributed by atoms with Gasteiger partial charge in [0.25, 0.3) is 0 Å². The lowest BCUT2D eigenvalue weighted by Crippen LogP contribution is -2.42. The largest absolute Gasteiger partial charge is 0.354 e. The zero-order valence-corrected chi connectivity index (χ0v) is 18.2. The normalized spacial score (nSPS) is 15.7. The molecule has 0 radical (unpaired) electrons. The lowest BCUT2D eigenvalue weighted by atomic mass is 10.1. The Morgan fingerprint density at radius 3 is 2.55 bits per heavy atom. The second kappa shape index (κ2) is 10.8. The molecule has 3 aromatic rings. The van der Waals surface area contributed by atoms with E-state index in [9.17, 15) is 0 Å². The number of aliphatic imine (C=N–C) groups is 1. The van der Waals surface area contributed by atoms with E-state index in [2.05, 4.69) is 80.2 Å². The molecule has 6 nitrogen and oxygen atoms in total. The van der Waals surface area contributed by atoms with Gasteiger partial charge in [-0.3, -0.25) is 14.6 Å². The van der Waals surface area contributed by atoms with E-state index in [1.165, 1.54) is 29.5 Å². The Labute approximate surface area is 185 Å². The topological polar surface area (TPSA) is 57.5 Å². The summed E-state index contributed by atoms with van der Waals surface area (Å²) in [6.45, 7) is 4.67. The number of hydrogen-bond donors (Lipinski definition) is 2. The lowest BCUT2D eigenvalue weighted by Gasteiger charge is -2.29. The molecule has 0 bridgehead atoms. The highest BCUT2D eigenvalue weighted by Crippen LogP contribution is 2.24. The standard InChI is InChI=1S/C25H32N6/c1-26-25(27-18-21-9-7-10-22(17-21)20-31-16-8-13-29-31)28-19-24(30-14-5-6-15-30)23-11-3-2-4-12-23/h2-4,7-13,16-17,24H,5-6,14-15,18-20H2,1H3,(H2,26,27,28). The molecule has 0 amide bonds. The summed E-state index contributed by atoms with van der Waals surface area (Å²) >= 11 is 0. The van der Waals surface area contributed by atoms with Crippen LogP contribution in [0.25, 0.3) is 0 Å². The van der Waals surface area contributed by atoms with Crippen molar-refractivity contribution in [1.29, 1.82) is 0 Å². The second-order valence-corrected chi connectivity index (χ2v) is 8.00. The summed E-state index contributed by atoms with van der Waals surface area (Å²) in [5, 5.41) is 11.3. The van der Waals surface area contributed by atoms with Crippen LogP contribution in [0.1, 0.15) is 35.6 Å². The van der Waals surface area contributed by atoms with Gasteiger partial charge in [0.05, 0.1) is 12.6 Å². The lowest BCUT2D eigenvalue weighted by molar-refractivity contribution is 0.245. The minimum Gasteiger partial charge on any atom is -0.354 e. The number of nitrogens with one attached hydrogen (secondary N) is 2. The van der Waals surface area contributed by atoms with Crippen molar-refractivity contribution in [1.82, 2.24) is 25.3 Å². The van der Waals surface area contributed by atoms with Gasteiger partial charge in [0.1, 0.15) is 0 Å². The molecule has 0 saturated carbocycles. The maximum atomic E-state index is 4.44. The first-order valence-corrected chi connectivity index (χ1v) is 11.1. The highest BCUT2D eigenvalue weighted by Gasteiger charge is 2.23. The van der Waals surface area contributed by atoms with Crippen LogP contribution in [0, 0.1) is 0 Å². The number of rotatable bonds is 8. The van der Waals surface area contributed by atoms with Crippen LogP contribution in [0.4, 0.5) is 0 Å². The first kappa shape index (κ1) is 21.1. The van der Waals surface area contributed by atoms with Gasteiger partial charge >= 0.3 is 0 Å². The van der Waals surface area contributed by atoms with Gasteiger partial charge in [-0.2, -0.15) is 5.10 Å². The highest BCUT2D eigenvalue weighted by molar-refractivity contribution is 5.79. The van der Waals surface area contributed by atoms with Crippen LogP contribution in [0.2, 0.25) is 0 Å². The first-order chi connectivity index (χ1) is 15.3. The molecule has 2 aromatic carbocycles. The summed E-state index contributed by atoms with van der Waals surface area (Å²) in [5.74, 6) is 0.831. The van der Waals surface area contributed by atoms with E-state index >= 15 is 0 Å². The molecule has 1 aliphatic rings. The first-order valence-electron chi connectivity index (χ1n) is 11.1. The van der Waals surface area contributed by atoms with Crippen molar-refractivity contribution in [2.45, 2.75) is 32.0 Å². The van der Waals surface area contributed by atoms with Crippen molar-refractivity contribution >= 4 is 5.96 Å². The maximum Gasteiger partial charge on any atom is 0.191 e. The molecule has 0 spiro atoms. The quantitative estimate of drug-likeness (QED) is 0.436. The van der Waals surface area contributed by atoms with E-state index < -0.39 is 0 Å². The van der Waals surface area contributed by atoms with Crippen molar-refractivity contribution in [2.75, 3.05) is 26.7 Å². The monoisotopic (exact) mass is 416 g/mol. The fourth-order valence-corrected chi connectivity index (χ4v) is 4.20. The Bertz CT molecular complexity index is 945. The van der Waals surface area contributed by atoms with Crippen LogP contribution in [-0.2, 0) is 13.1 Å². The molecule has 4 rings (SSSR count). The Hall–Kier alpha value is -3.12. The van der Waals surface area contributed by atoms with Crippen LogP contribution >= 0.6 is 0 Å². The molecule has 1 unspecified atom stereocenters. The van der Waals surface area contributed by atoms with Gasteiger partial charge in [0, 0.05) is 32.5 Å². The van der Waals surface area contributed by atoms with Crippen molar-refractivity contribution in [2.24, 2.45) is 4.99 Å². The minimum atomic E-state index is 0.361. The zero-order chi connectivity index (χ0) is 21.3. The van der Waals surface area contributed by atoms with E-state index in [-0.39, 0.29) is 0 Å². The summed E-state index contributed by atoms with van der Waals surface area (Å²) in [5.41, 5.74) is 3.83. The molecule has 31 heavy (non-hydrogen) atoms. The molecular formula is C25H32N6. The van der Waals surface area contributed by atoms with E-state index in [0.29, 0.717) is 6.04 Å². The number of likely N-dealkylation sites (tertiary alicyclic amines) is 1. The molecular weight excluding hydrogens is 384 g/mol. The molecule has 1 aliphatic heterocycles. The highest BCUT2D eigenvalue weighted by atomic mass is 15.3. The smallest absolute Gasteiger partial charge is 0.191 e. The van der Waals surface area contributed by atoms with Crippen molar-refractivity contribution in [3.05, 3.63) is 89.7 Å². The van der Waals surface area contributed by atoms with Gasteiger partial charge in [-0.25, -0.2) is 0 Å². The van der Waals surface area contributed by atoms with Crippen LogP contribution in [0.5, 0.6) is 0 Å². The molecule has 2 N–H and O–H groups in total. The fourth-order valence-electron chi connectivity index (χ4n) is 4.20. The predicted molar refractivity (Wildman–Crippen MR) is 126 cm³/mol. The second-order valence-electron chi connectivity index (χ2n) is 8.00. The number of nitrogens with zero attached hydrogens (tertiary/aromatic N) is 4. The van der Waals surface area contributed by atoms with Gasteiger partial charge in [0.15, 0.2) is 5.96 Å². The summed E-state index contributed by atoms with van der Waals surface area (Å²) in [4.78, 5) is 7.02. The van der Waals surface area contributed by atoms with Crippen molar-refractivity contribution in [3.8, 4) is 0 Å². The van der Waals surface area contributed by atoms with Gasteiger partial charge in [0.2, 0.25) is 0 Å².